The van der Waals surface area contributed by atoms with Crippen molar-refractivity contribution in [2.45, 2.75) is 6.92 Å². The number of nitrogens with zero attached hydrogens (tertiary/aromatic N) is 2. The molecule has 0 aromatic heterocycles. The van der Waals surface area contributed by atoms with Gasteiger partial charge in [0.15, 0.2) is 0 Å². The molecule has 0 unspecified atom stereocenters. The highest BCUT2D eigenvalue weighted by atomic mass is 15.2. The minimum absolute atomic E-state index is 0.293. The quantitative estimate of drug-likeness (QED) is 0.469. The summed E-state index contributed by atoms with van der Waals surface area (Å²) in [5.41, 5.74) is 5.27. The van der Waals surface area contributed by atoms with Gasteiger partial charge in [-0.1, -0.05) is 0 Å². The summed E-state index contributed by atoms with van der Waals surface area (Å²) in [6, 6.07) is 0. The standard InChI is InChI=1S/C5H8N4/c1-2-4-7-3-8-5(6)9-4/h2-3H,1H3,(H3,6,7,8,9)/b4-2+. The Morgan fingerprint density at radius 2 is 2.56 bits per heavy atom. The van der Waals surface area contributed by atoms with E-state index in [9.17, 15) is 0 Å². The van der Waals surface area contributed by atoms with E-state index >= 15 is 0 Å². The molecule has 1 aliphatic heterocycles. The second kappa shape index (κ2) is 2.30. The van der Waals surface area contributed by atoms with Gasteiger partial charge in [0.05, 0.1) is 6.34 Å². The molecule has 4 nitrogen and oxygen atoms in total. The highest BCUT2D eigenvalue weighted by Gasteiger charge is 1.95. The predicted molar refractivity (Wildman–Crippen MR) is 37.0 cm³/mol. The van der Waals surface area contributed by atoms with Crippen LogP contribution in [0.5, 0.6) is 0 Å². The summed E-state index contributed by atoms with van der Waals surface area (Å²) in [5, 5.41) is 2.80. The Kier molecular flexibility index (Phi) is 1.48. The van der Waals surface area contributed by atoms with Crippen LogP contribution in [0, 0.1) is 0 Å². The van der Waals surface area contributed by atoms with Crippen LogP contribution in [0.1, 0.15) is 6.92 Å². The number of hydrogen-bond donors (Lipinski definition) is 2. The maximum Gasteiger partial charge on any atom is 0.223 e. The topological polar surface area (TPSA) is 62.8 Å². The first-order chi connectivity index (χ1) is 4.33. The summed E-state index contributed by atoms with van der Waals surface area (Å²) >= 11 is 0. The lowest BCUT2D eigenvalue weighted by molar-refractivity contribution is 1.06. The Morgan fingerprint density at radius 1 is 1.78 bits per heavy atom. The van der Waals surface area contributed by atoms with E-state index in [-0.39, 0.29) is 0 Å². The van der Waals surface area contributed by atoms with E-state index in [1.54, 1.807) is 0 Å². The van der Waals surface area contributed by atoms with Crippen LogP contribution in [0.15, 0.2) is 21.9 Å². The molecule has 0 atom stereocenters. The molecule has 1 rings (SSSR count). The third-order valence-corrected chi connectivity index (χ3v) is 0.918. The Bertz CT molecular complexity index is 189. The molecule has 1 heterocycles. The third kappa shape index (κ3) is 1.28. The van der Waals surface area contributed by atoms with Gasteiger partial charge < -0.3 is 11.1 Å². The van der Waals surface area contributed by atoms with Gasteiger partial charge in [-0.05, 0) is 13.0 Å². The molecule has 1 aliphatic rings. The first-order valence-corrected chi connectivity index (χ1v) is 2.62. The number of allylic oxidation sites excluding steroid dienone is 1. The lowest BCUT2D eigenvalue weighted by Crippen LogP contribution is -2.21. The zero-order chi connectivity index (χ0) is 6.69. The molecule has 48 valence electrons. The van der Waals surface area contributed by atoms with Gasteiger partial charge in [-0.15, -0.1) is 0 Å². The molecule has 0 saturated carbocycles. The zero-order valence-corrected chi connectivity index (χ0v) is 5.13. The van der Waals surface area contributed by atoms with Crippen LogP contribution in [0.2, 0.25) is 0 Å². The summed E-state index contributed by atoms with van der Waals surface area (Å²) in [4.78, 5) is 7.53. The Hall–Kier alpha value is -1.32. The molecule has 0 aromatic rings. The average molecular weight is 124 g/mol. The number of aliphatic imine (C=N–C) groups is 2. The largest absolute Gasteiger partial charge is 0.368 e. The van der Waals surface area contributed by atoms with E-state index in [0.717, 1.165) is 5.82 Å². The first-order valence-electron chi connectivity index (χ1n) is 2.62. The third-order valence-electron chi connectivity index (χ3n) is 0.918. The van der Waals surface area contributed by atoms with Gasteiger partial charge in [0, 0.05) is 0 Å². The fraction of sp³-hybridized carbons (Fsp3) is 0.200. The molecular weight excluding hydrogens is 116 g/mol. The molecule has 9 heavy (non-hydrogen) atoms. The lowest BCUT2D eigenvalue weighted by Gasteiger charge is -2.04. The predicted octanol–water partition coefficient (Wildman–Crippen LogP) is -0.206. The molecule has 0 aliphatic carbocycles. The van der Waals surface area contributed by atoms with Crippen molar-refractivity contribution in [1.29, 1.82) is 0 Å². The smallest absolute Gasteiger partial charge is 0.223 e. The van der Waals surface area contributed by atoms with Crippen LogP contribution in [0.4, 0.5) is 0 Å². The molecule has 3 N–H and O–H groups in total. The summed E-state index contributed by atoms with van der Waals surface area (Å²) < 4.78 is 0. The number of hydrogen-bond acceptors (Lipinski definition) is 4. The van der Waals surface area contributed by atoms with Crippen LogP contribution in [0.3, 0.4) is 0 Å². The lowest BCUT2D eigenvalue weighted by atomic mass is 10.6. The average Bonchev–Trinajstić information content (AvgIpc) is 1.88. The minimum atomic E-state index is 0.293. The van der Waals surface area contributed by atoms with Crippen molar-refractivity contribution >= 4 is 12.3 Å². The molecule has 0 fully saturated rings. The molecule has 0 aromatic carbocycles. The SMILES string of the molecule is C/C=C1/N=C(N)N=CN1. The molecular formula is C5H8N4. The first kappa shape index (κ1) is 5.81. The molecule has 0 amide bonds. The van der Waals surface area contributed by atoms with Crippen molar-refractivity contribution in [3.8, 4) is 0 Å². The van der Waals surface area contributed by atoms with Crippen LogP contribution in [-0.4, -0.2) is 12.3 Å². The minimum Gasteiger partial charge on any atom is -0.368 e. The molecule has 0 bridgehead atoms. The maximum absolute atomic E-state index is 5.27. The van der Waals surface area contributed by atoms with E-state index < -0.39 is 0 Å². The monoisotopic (exact) mass is 124 g/mol. The normalized spacial score (nSPS) is 21.4. The van der Waals surface area contributed by atoms with Gasteiger partial charge in [0.2, 0.25) is 5.96 Å². The number of rotatable bonds is 0. The summed E-state index contributed by atoms with van der Waals surface area (Å²) in [5.74, 6) is 1.03. The molecule has 0 saturated heterocycles. The summed E-state index contributed by atoms with van der Waals surface area (Å²) in [6.45, 7) is 1.87. The fourth-order valence-corrected chi connectivity index (χ4v) is 0.497. The van der Waals surface area contributed by atoms with Gasteiger partial charge in [-0.2, -0.15) is 4.99 Å². The van der Waals surface area contributed by atoms with Crippen LogP contribution >= 0.6 is 0 Å². The van der Waals surface area contributed by atoms with Crippen molar-refractivity contribution < 1.29 is 0 Å². The van der Waals surface area contributed by atoms with Gasteiger partial charge in [-0.25, -0.2) is 4.99 Å². The second-order valence-corrected chi connectivity index (χ2v) is 1.55. The summed E-state index contributed by atoms with van der Waals surface area (Å²) in [7, 11) is 0. The molecule has 0 radical (unpaired) electrons. The van der Waals surface area contributed by atoms with Crippen molar-refractivity contribution in [2.75, 3.05) is 0 Å². The Morgan fingerprint density at radius 3 is 3.00 bits per heavy atom. The fourth-order valence-electron chi connectivity index (χ4n) is 0.497. The van der Waals surface area contributed by atoms with Gasteiger partial charge >= 0.3 is 0 Å². The van der Waals surface area contributed by atoms with E-state index in [0.29, 0.717) is 5.96 Å². The van der Waals surface area contributed by atoms with E-state index in [1.165, 1.54) is 6.34 Å². The van der Waals surface area contributed by atoms with Crippen molar-refractivity contribution in [1.82, 2.24) is 5.32 Å². The van der Waals surface area contributed by atoms with Gasteiger partial charge in [-0.3, -0.25) is 0 Å². The van der Waals surface area contributed by atoms with E-state index in [4.69, 9.17) is 5.73 Å². The van der Waals surface area contributed by atoms with Gasteiger partial charge in [0.1, 0.15) is 5.82 Å². The zero-order valence-electron chi connectivity index (χ0n) is 5.13. The molecule has 4 heteroatoms. The van der Waals surface area contributed by atoms with Gasteiger partial charge in [0.25, 0.3) is 0 Å². The highest BCUT2D eigenvalue weighted by Crippen LogP contribution is 1.92. The van der Waals surface area contributed by atoms with E-state index in [2.05, 4.69) is 15.3 Å². The molecule has 0 spiro atoms. The summed E-state index contributed by atoms with van der Waals surface area (Å²) in [6.07, 6.45) is 3.33. The van der Waals surface area contributed by atoms with E-state index in [1.807, 2.05) is 13.0 Å². The number of nitrogens with one attached hydrogen (secondary N) is 1. The second-order valence-electron chi connectivity index (χ2n) is 1.55. The number of nitrogens with two attached hydrogens (primary N) is 1. The Labute approximate surface area is 53.2 Å². The highest BCUT2D eigenvalue weighted by molar-refractivity contribution is 5.89. The van der Waals surface area contributed by atoms with Crippen molar-refractivity contribution in [3.63, 3.8) is 0 Å². The van der Waals surface area contributed by atoms with Crippen LogP contribution in [-0.2, 0) is 0 Å². The number of guanidine groups is 1. The Balaban J connectivity index is 2.78. The maximum atomic E-state index is 5.27. The van der Waals surface area contributed by atoms with Crippen LogP contribution < -0.4 is 11.1 Å². The van der Waals surface area contributed by atoms with Crippen molar-refractivity contribution in [3.05, 3.63) is 11.9 Å². The van der Waals surface area contributed by atoms with Crippen LogP contribution in [0.25, 0.3) is 0 Å². The van der Waals surface area contributed by atoms with Crippen molar-refractivity contribution in [2.24, 2.45) is 15.7 Å².